The third-order valence-electron chi connectivity index (χ3n) is 4.09. The molecular weight excluding hydrogens is 378 g/mol. The van der Waals surface area contributed by atoms with Gasteiger partial charge in [0.05, 0.1) is 23.0 Å². The van der Waals surface area contributed by atoms with E-state index in [0.29, 0.717) is 12.3 Å². The molecule has 0 spiro atoms. The average Bonchev–Trinajstić information content (AvgIpc) is 3.36. The molecule has 3 aromatic heterocycles. The van der Waals surface area contributed by atoms with Crippen LogP contribution in [0.5, 0.6) is 0 Å². The highest BCUT2D eigenvalue weighted by Crippen LogP contribution is 2.26. The average molecular weight is 396 g/mol. The summed E-state index contributed by atoms with van der Waals surface area (Å²) >= 11 is 3.05. The van der Waals surface area contributed by atoms with E-state index in [1.807, 2.05) is 48.8 Å². The summed E-state index contributed by atoms with van der Waals surface area (Å²) in [5.41, 5.74) is 2.82. The molecule has 1 amide bonds. The fourth-order valence-corrected chi connectivity index (χ4v) is 4.24. The number of benzene rings is 1. The molecule has 8 heteroatoms. The van der Waals surface area contributed by atoms with Crippen LogP contribution in [0.15, 0.2) is 64.7 Å². The standard InChI is InChI=1S/C19H17N5OS2/c1-23(10-14-7-8-26-11-14)17(25)12-27-19-16-9-22-24(18(16)20-13-21-19)15-5-3-2-4-6-15/h2-9,11,13H,10,12H2,1H3. The minimum atomic E-state index is 0.0633. The number of hydrogen-bond acceptors (Lipinski definition) is 6. The van der Waals surface area contributed by atoms with E-state index >= 15 is 0 Å². The van der Waals surface area contributed by atoms with Gasteiger partial charge in [-0.1, -0.05) is 30.0 Å². The van der Waals surface area contributed by atoms with Gasteiger partial charge in [-0.25, -0.2) is 14.6 Å². The molecule has 0 aliphatic carbocycles. The third kappa shape index (κ3) is 3.86. The van der Waals surface area contributed by atoms with Crippen LogP contribution in [-0.2, 0) is 11.3 Å². The highest BCUT2D eigenvalue weighted by molar-refractivity contribution is 8.00. The smallest absolute Gasteiger partial charge is 0.233 e. The molecule has 0 bridgehead atoms. The van der Waals surface area contributed by atoms with Gasteiger partial charge < -0.3 is 4.90 Å². The van der Waals surface area contributed by atoms with Crippen LogP contribution in [-0.4, -0.2) is 43.4 Å². The number of nitrogens with zero attached hydrogens (tertiary/aromatic N) is 5. The summed E-state index contributed by atoms with van der Waals surface area (Å²) in [6, 6.07) is 11.9. The zero-order chi connectivity index (χ0) is 18.6. The molecule has 0 saturated heterocycles. The number of aromatic nitrogens is 4. The minimum absolute atomic E-state index is 0.0633. The molecule has 0 N–H and O–H groups in total. The highest BCUT2D eigenvalue weighted by atomic mass is 32.2. The van der Waals surface area contributed by atoms with Crippen LogP contribution < -0.4 is 0 Å². The Hall–Kier alpha value is -2.71. The van der Waals surface area contributed by atoms with E-state index in [1.165, 1.54) is 18.1 Å². The molecule has 27 heavy (non-hydrogen) atoms. The summed E-state index contributed by atoms with van der Waals surface area (Å²) in [5, 5.41) is 10.1. The van der Waals surface area contributed by atoms with E-state index in [-0.39, 0.29) is 5.91 Å². The number of thiophene rings is 1. The van der Waals surface area contributed by atoms with Gasteiger partial charge in [-0.3, -0.25) is 4.79 Å². The Morgan fingerprint density at radius 1 is 1.22 bits per heavy atom. The second-order valence-electron chi connectivity index (χ2n) is 5.98. The first-order valence-electron chi connectivity index (χ1n) is 8.34. The van der Waals surface area contributed by atoms with Crippen LogP contribution in [0.3, 0.4) is 0 Å². The molecular formula is C19H17N5OS2. The lowest BCUT2D eigenvalue weighted by Crippen LogP contribution is -2.27. The lowest BCUT2D eigenvalue weighted by atomic mass is 10.3. The van der Waals surface area contributed by atoms with Crippen LogP contribution >= 0.6 is 23.1 Å². The second kappa shape index (κ2) is 7.89. The summed E-state index contributed by atoms with van der Waals surface area (Å²) in [6.45, 7) is 0.619. The predicted octanol–water partition coefficient (Wildman–Crippen LogP) is 3.63. The normalized spacial score (nSPS) is 11.0. The topological polar surface area (TPSA) is 63.9 Å². The number of fused-ring (bicyclic) bond motifs is 1. The molecule has 0 unspecified atom stereocenters. The number of hydrogen-bond donors (Lipinski definition) is 0. The number of rotatable bonds is 6. The zero-order valence-electron chi connectivity index (χ0n) is 14.6. The van der Waals surface area contributed by atoms with Crippen molar-refractivity contribution >= 4 is 40.0 Å². The summed E-state index contributed by atoms with van der Waals surface area (Å²) < 4.78 is 1.78. The van der Waals surface area contributed by atoms with Gasteiger partial charge >= 0.3 is 0 Å². The first-order chi connectivity index (χ1) is 13.2. The van der Waals surface area contributed by atoms with Gasteiger partial charge in [0.15, 0.2) is 5.65 Å². The van der Waals surface area contributed by atoms with Crippen molar-refractivity contribution in [3.05, 3.63) is 65.2 Å². The van der Waals surface area contributed by atoms with Crippen molar-refractivity contribution in [3.8, 4) is 5.69 Å². The van der Waals surface area contributed by atoms with Gasteiger partial charge in [-0.2, -0.15) is 16.4 Å². The lowest BCUT2D eigenvalue weighted by Gasteiger charge is -2.16. The number of para-hydroxylation sites is 1. The molecule has 0 fully saturated rings. The molecule has 0 atom stereocenters. The summed E-state index contributed by atoms with van der Waals surface area (Å²) in [5.74, 6) is 0.386. The molecule has 0 aliphatic rings. The number of thioether (sulfide) groups is 1. The van der Waals surface area contributed by atoms with Crippen molar-refractivity contribution < 1.29 is 4.79 Å². The largest absolute Gasteiger partial charge is 0.341 e. The van der Waals surface area contributed by atoms with E-state index in [4.69, 9.17) is 0 Å². The molecule has 4 rings (SSSR count). The van der Waals surface area contributed by atoms with Crippen molar-refractivity contribution in [3.63, 3.8) is 0 Å². The molecule has 136 valence electrons. The maximum Gasteiger partial charge on any atom is 0.233 e. The Kier molecular flexibility index (Phi) is 5.17. The molecule has 0 aliphatic heterocycles. The minimum Gasteiger partial charge on any atom is -0.341 e. The van der Waals surface area contributed by atoms with Crippen LogP contribution in [0, 0.1) is 0 Å². The maximum atomic E-state index is 12.4. The maximum absolute atomic E-state index is 12.4. The number of amides is 1. The second-order valence-corrected chi connectivity index (χ2v) is 7.72. The Morgan fingerprint density at radius 3 is 2.85 bits per heavy atom. The van der Waals surface area contributed by atoms with Crippen molar-refractivity contribution in [2.75, 3.05) is 12.8 Å². The van der Waals surface area contributed by atoms with Gasteiger partial charge in [0.25, 0.3) is 0 Å². The third-order valence-corrected chi connectivity index (χ3v) is 5.81. The lowest BCUT2D eigenvalue weighted by molar-refractivity contribution is -0.127. The molecule has 6 nitrogen and oxygen atoms in total. The van der Waals surface area contributed by atoms with Crippen molar-refractivity contribution in [1.29, 1.82) is 0 Å². The van der Waals surface area contributed by atoms with E-state index in [0.717, 1.165) is 27.3 Å². The van der Waals surface area contributed by atoms with Gasteiger partial charge in [-0.15, -0.1) is 0 Å². The highest BCUT2D eigenvalue weighted by Gasteiger charge is 2.15. The Labute approximate surface area is 164 Å². The van der Waals surface area contributed by atoms with Crippen molar-refractivity contribution in [2.24, 2.45) is 0 Å². The Balaban J connectivity index is 1.49. The van der Waals surface area contributed by atoms with E-state index in [2.05, 4.69) is 20.4 Å². The fraction of sp³-hybridized carbons (Fsp3) is 0.158. The van der Waals surface area contributed by atoms with Crippen LogP contribution in [0.4, 0.5) is 0 Å². The Morgan fingerprint density at radius 2 is 2.07 bits per heavy atom. The van der Waals surface area contributed by atoms with Gasteiger partial charge in [-0.05, 0) is 34.5 Å². The van der Waals surface area contributed by atoms with Crippen LogP contribution in [0.25, 0.3) is 16.7 Å². The molecule has 3 heterocycles. The first kappa shape index (κ1) is 17.7. The monoisotopic (exact) mass is 395 g/mol. The number of carbonyl (C=O) groups excluding carboxylic acids is 1. The van der Waals surface area contributed by atoms with E-state index < -0.39 is 0 Å². The predicted molar refractivity (Wildman–Crippen MR) is 108 cm³/mol. The van der Waals surface area contributed by atoms with E-state index in [9.17, 15) is 4.79 Å². The molecule has 1 aromatic carbocycles. The van der Waals surface area contributed by atoms with Gasteiger partial charge in [0.2, 0.25) is 5.91 Å². The van der Waals surface area contributed by atoms with Gasteiger partial charge in [0, 0.05) is 13.6 Å². The fourth-order valence-electron chi connectivity index (χ4n) is 2.68. The Bertz CT molecular complexity index is 1050. The SMILES string of the molecule is CN(Cc1ccsc1)C(=O)CSc1ncnc2c1cnn2-c1ccccc1. The summed E-state index contributed by atoms with van der Waals surface area (Å²) in [4.78, 5) is 22.9. The number of carbonyl (C=O) groups is 1. The van der Waals surface area contributed by atoms with Crippen LogP contribution in [0.2, 0.25) is 0 Å². The van der Waals surface area contributed by atoms with Crippen LogP contribution in [0.1, 0.15) is 5.56 Å². The summed E-state index contributed by atoms with van der Waals surface area (Å²) in [7, 11) is 1.82. The molecule has 4 aromatic rings. The zero-order valence-corrected chi connectivity index (χ0v) is 16.3. The van der Waals surface area contributed by atoms with E-state index in [1.54, 1.807) is 27.1 Å². The molecule has 0 saturated carbocycles. The molecule has 0 radical (unpaired) electrons. The van der Waals surface area contributed by atoms with Gasteiger partial charge in [0.1, 0.15) is 11.4 Å². The van der Waals surface area contributed by atoms with Crippen molar-refractivity contribution in [1.82, 2.24) is 24.6 Å². The quantitative estimate of drug-likeness (QED) is 0.368. The van der Waals surface area contributed by atoms with Crippen molar-refractivity contribution in [2.45, 2.75) is 11.6 Å². The summed E-state index contributed by atoms with van der Waals surface area (Å²) in [6.07, 6.45) is 3.27. The first-order valence-corrected chi connectivity index (χ1v) is 10.3.